The van der Waals surface area contributed by atoms with Gasteiger partial charge in [0.2, 0.25) is 5.88 Å². The average molecular weight is 303 g/mol. The second-order valence-electron chi connectivity index (χ2n) is 3.99. The van der Waals surface area contributed by atoms with E-state index >= 15 is 0 Å². The minimum atomic E-state index is -4.37. The quantitative estimate of drug-likeness (QED) is 0.696. The van der Waals surface area contributed by atoms with Crippen LogP contribution >= 0.6 is 11.8 Å². The van der Waals surface area contributed by atoms with Crippen molar-refractivity contribution in [3.05, 3.63) is 36.0 Å². The van der Waals surface area contributed by atoms with Gasteiger partial charge in [0.05, 0.1) is 0 Å². The number of aromatic nitrogens is 2. The molecular formula is C12H12F3N3OS. The van der Waals surface area contributed by atoms with E-state index in [1.807, 2.05) is 0 Å². The van der Waals surface area contributed by atoms with Gasteiger partial charge >= 0.3 is 5.51 Å². The van der Waals surface area contributed by atoms with Crippen molar-refractivity contribution in [2.75, 3.05) is 5.73 Å². The number of hydrogen-bond acceptors (Lipinski definition) is 4. The Kier molecular flexibility index (Phi) is 4.12. The van der Waals surface area contributed by atoms with E-state index in [9.17, 15) is 13.2 Å². The number of ether oxygens (including phenoxy) is 1. The van der Waals surface area contributed by atoms with E-state index in [0.29, 0.717) is 11.4 Å². The van der Waals surface area contributed by atoms with Crippen LogP contribution in [0.25, 0.3) is 0 Å². The molecule has 0 atom stereocenters. The standard InChI is InChI=1S/C12H12F3N3OS/c1-18-6-5-11(17-18)19-7-8-9(16)3-2-4-10(8)20-12(13,14)15/h2-6H,7,16H2,1H3. The van der Waals surface area contributed by atoms with Gasteiger partial charge in [-0.2, -0.15) is 13.2 Å². The van der Waals surface area contributed by atoms with Gasteiger partial charge in [0.25, 0.3) is 0 Å². The molecule has 0 unspecified atom stereocenters. The highest BCUT2D eigenvalue weighted by Crippen LogP contribution is 2.40. The average Bonchev–Trinajstić information content (AvgIpc) is 2.72. The molecule has 0 saturated carbocycles. The first-order valence-corrected chi connectivity index (χ1v) is 6.42. The fraction of sp³-hybridized carbons (Fsp3) is 0.250. The third-order valence-electron chi connectivity index (χ3n) is 2.45. The number of nitrogens with two attached hydrogens (primary N) is 1. The second-order valence-corrected chi connectivity index (χ2v) is 5.09. The Morgan fingerprint density at radius 1 is 1.35 bits per heavy atom. The first-order chi connectivity index (χ1) is 9.35. The fourth-order valence-corrected chi connectivity index (χ4v) is 2.27. The molecule has 0 radical (unpaired) electrons. The van der Waals surface area contributed by atoms with Gasteiger partial charge in [0, 0.05) is 35.5 Å². The molecule has 4 nitrogen and oxygen atoms in total. The van der Waals surface area contributed by atoms with E-state index in [1.165, 1.54) is 22.9 Å². The summed E-state index contributed by atoms with van der Waals surface area (Å²) >= 11 is -0.204. The molecular weight excluding hydrogens is 291 g/mol. The number of halogens is 3. The predicted molar refractivity (Wildman–Crippen MR) is 70.3 cm³/mol. The lowest BCUT2D eigenvalue weighted by Gasteiger charge is -2.13. The summed E-state index contributed by atoms with van der Waals surface area (Å²) in [5, 5.41) is 3.98. The summed E-state index contributed by atoms with van der Waals surface area (Å²) in [7, 11) is 1.72. The van der Waals surface area contributed by atoms with Crippen molar-refractivity contribution in [3.63, 3.8) is 0 Å². The van der Waals surface area contributed by atoms with E-state index in [1.54, 1.807) is 19.3 Å². The number of nitrogens with zero attached hydrogens (tertiary/aromatic N) is 2. The molecule has 0 fully saturated rings. The molecule has 0 amide bonds. The van der Waals surface area contributed by atoms with E-state index in [-0.39, 0.29) is 29.0 Å². The highest BCUT2D eigenvalue weighted by Gasteiger charge is 2.30. The Balaban J connectivity index is 2.17. The van der Waals surface area contributed by atoms with Gasteiger partial charge in [-0.25, -0.2) is 0 Å². The third-order valence-corrected chi connectivity index (χ3v) is 3.28. The van der Waals surface area contributed by atoms with Crippen LogP contribution in [0.3, 0.4) is 0 Å². The van der Waals surface area contributed by atoms with Crippen molar-refractivity contribution in [1.29, 1.82) is 0 Å². The Morgan fingerprint density at radius 2 is 2.10 bits per heavy atom. The van der Waals surface area contributed by atoms with Crippen molar-refractivity contribution in [2.45, 2.75) is 17.0 Å². The normalized spacial score (nSPS) is 11.6. The van der Waals surface area contributed by atoms with Crippen molar-refractivity contribution in [1.82, 2.24) is 9.78 Å². The van der Waals surface area contributed by atoms with Gasteiger partial charge in [-0.1, -0.05) is 6.07 Å². The molecule has 8 heteroatoms. The van der Waals surface area contributed by atoms with Crippen molar-refractivity contribution in [2.24, 2.45) is 7.05 Å². The van der Waals surface area contributed by atoms with Crippen LogP contribution in [0.5, 0.6) is 5.88 Å². The van der Waals surface area contributed by atoms with E-state index in [4.69, 9.17) is 10.5 Å². The lowest BCUT2D eigenvalue weighted by atomic mass is 10.2. The predicted octanol–water partition coefficient (Wildman–Crippen LogP) is 3.19. The van der Waals surface area contributed by atoms with Crippen molar-refractivity contribution in [3.8, 4) is 5.88 Å². The maximum Gasteiger partial charge on any atom is 0.446 e. The molecule has 1 heterocycles. The molecule has 0 bridgehead atoms. The van der Waals surface area contributed by atoms with Gasteiger partial charge in [-0.3, -0.25) is 4.68 Å². The summed E-state index contributed by atoms with van der Waals surface area (Å²) in [5.41, 5.74) is 1.92. The van der Waals surface area contributed by atoms with E-state index in [2.05, 4.69) is 5.10 Å². The Bertz CT molecular complexity index is 598. The number of anilines is 1. The Hall–Kier alpha value is -1.83. The fourth-order valence-electron chi connectivity index (χ4n) is 1.57. The summed E-state index contributed by atoms with van der Waals surface area (Å²) in [5.74, 6) is 0.332. The number of hydrogen-bond donors (Lipinski definition) is 1. The molecule has 2 N–H and O–H groups in total. The number of alkyl halides is 3. The topological polar surface area (TPSA) is 53.1 Å². The zero-order valence-electron chi connectivity index (χ0n) is 10.5. The maximum absolute atomic E-state index is 12.5. The van der Waals surface area contributed by atoms with Gasteiger partial charge in [-0.15, -0.1) is 5.10 Å². The minimum Gasteiger partial charge on any atom is -0.472 e. The van der Waals surface area contributed by atoms with Crippen molar-refractivity contribution >= 4 is 17.4 Å². The van der Waals surface area contributed by atoms with E-state index in [0.717, 1.165) is 0 Å². The minimum absolute atomic E-state index is 0.0356. The monoisotopic (exact) mass is 303 g/mol. The van der Waals surface area contributed by atoms with Gasteiger partial charge < -0.3 is 10.5 Å². The molecule has 0 spiro atoms. The lowest BCUT2D eigenvalue weighted by Crippen LogP contribution is -2.06. The number of rotatable bonds is 4. The zero-order valence-corrected chi connectivity index (χ0v) is 11.3. The van der Waals surface area contributed by atoms with Crippen LogP contribution in [-0.4, -0.2) is 15.3 Å². The molecule has 0 saturated heterocycles. The molecule has 0 aliphatic heterocycles. The number of benzene rings is 1. The third kappa shape index (κ3) is 3.83. The first kappa shape index (κ1) is 14.6. The summed E-state index contributed by atoms with van der Waals surface area (Å²) in [6, 6.07) is 6.01. The molecule has 20 heavy (non-hydrogen) atoms. The van der Waals surface area contributed by atoms with Crippen molar-refractivity contribution < 1.29 is 17.9 Å². The van der Waals surface area contributed by atoms with Crippen LogP contribution in [0, 0.1) is 0 Å². The first-order valence-electron chi connectivity index (χ1n) is 5.61. The number of nitrogen functional groups attached to an aromatic ring is 1. The number of aryl methyl sites for hydroxylation is 1. The van der Waals surface area contributed by atoms with Crippen LogP contribution in [0.15, 0.2) is 35.4 Å². The number of thioether (sulfide) groups is 1. The smallest absolute Gasteiger partial charge is 0.446 e. The lowest BCUT2D eigenvalue weighted by molar-refractivity contribution is -0.0328. The molecule has 2 aromatic rings. The summed E-state index contributed by atoms with van der Waals surface area (Å²) in [4.78, 5) is 0.0356. The zero-order chi connectivity index (χ0) is 14.8. The Labute approximate surface area is 117 Å². The van der Waals surface area contributed by atoms with Crippen LogP contribution < -0.4 is 10.5 Å². The molecule has 1 aromatic heterocycles. The summed E-state index contributed by atoms with van der Waals surface area (Å²) in [6.07, 6.45) is 1.68. The second kappa shape index (κ2) is 5.66. The molecule has 108 valence electrons. The van der Waals surface area contributed by atoms with Gasteiger partial charge in [0.15, 0.2) is 0 Å². The van der Waals surface area contributed by atoms with Gasteiger partial charge in [-0.05, 0) is 23.9 Å². The molecule has 1 aromatic carbocycles. The van der Waals surface area contributed by atoms with Crippen LogP contribution in [-0.2, 0) is 13.7 Å². The SMILES string of the molecule is Cn1ccc(OCc2c(N)cccc2SC(F)(F)F)n1. The maximum atomic E-state index is 12.5. The summed E-state index contributed by atoms with van der Waals surface area (Å²) < 4.78 is 44.3. The van der Waals surface area contributed by atoms with Crippen LogP contribution in [0.2, 0.25) is 0 Å². The van der Waals surface area contributed by atoms with Crippen LogP contribution in [0.4, 0.5) is 18.9 Å². The van der Waals surface area contributed by atoms with Crippen LogP contribution in [0.1, 0.15) is 5.56 Å². The molecule has 0 aliphatic carbocycles. The Morgan fingerprint density at radius 3 is 2.70 bits per heavy atom. The van der Waals surface area contributed by atoms with Gasteiger partial charge in [0.1, 0.15) is 6.61 Å². The highest BCUT2D eigenvalue weighted by atomic mass is 32.2. The highest BCUT2D eigenvalue weighted by molar-refractivity contribution is 8.00. The van der Waals surface area contributed by atoms with E-state index < -0.39 is 5.51 Å². The summed E-state index contributed by atoms with van der Waals surface area (Å²) in [6.45, 7) is -0.0674. The molecule has 0 aliphatic rings. The largest absolute Gasteiger partial charge is 0.472 e. The molecule has 2 rings (SSSR count).